The molecular weight excluding hydrogens is 368 g/mol. The van der Waals surface area contributed by atoms with E-state index in [0.717, 1.165) is 19.3 Å². The molecule has 0 aliphatic carbocycles. The van der Waals surface area contributed by atoms with E-state index in [1.807, 2.05) is 0 Å². The van der Waals surface area contributed by atoms with Crippen LogP contribution in [0.15, 0.2) is 23.1 Å². The number of carbonyl (C=O) groups is 1. The maximum Gasteiger partial charge on any atom is 0.243 e. The molecule has 8 heteroatoms. The number of ether oxygens (including phenoxy) is 2. The number of benzene rings is 1. The second-order valence-corrected chi connectivity index (χ2v) is 8.66. The van der Waals surface area contributed by atoms with Crippen molar-refractivity contribution in [3.05, 3.63) is 18.2 Å². The first-order valence-corrected chi connectivity index (χ1v) is 10.9. The number of amides is 1. The molecule has 1 aromatic carbocycles. The van der Waals surface area contributed by atoms with Crippen LogP contribution in [0.5, 0.6) is 11.5 Å². The molecule has 1 aliphatic rings. The van der Waals surface area contributed by atoms with E-state index in [4.69, 9.17) is 9.47 Å². The van der Waals surface area contributed by atoms with E-state index >= 15 is 0 Å². The first kappa shape index (κ1) is 21.5. The average Bonchev–Trinajstić information content (AvgIpc) is 2.70. The Morgan fingerprint density at radius 2 is 1.96 bits per heavy atom. The lowest BCUT2D eigenvalue weighted by atomic mass is 9.99. The van der Waals surface area contributed by atoms with Crippen LogP contribution in [0.2, 0.25) is 0 Å². The molecule has 7 nitrogen and oxygen atoms in total. The van der Waals surface area contributed by atoms with Crippen LogP contribution in [-0.2, 0) is 14.8 Å². The van der Waals surface area contributed by atoms with Gasteiger partial charge in [-0.15, -0.1) is 0 Å². The normalized spacial score (nSPS) is 18.1. The monoisotopic (exact) mass is 398 g/mol. The number of rotatable bonds is 9. The molecule has 1 aromatic rings. The van der Waals surface area contributed by atoms with Crippen LogP contribution in [0.1, 0.15) is 39.0 Å². The van der Waals surface area contributed by atoms with Gasteiger partial charge in [-0.3, -0.25) is 4.79 Å². The van der Waals surface area contributed by atoms with Crippen LogP contribution in [0.4, 0.5) is 0 Å². The van der Waals surface area contributed by atoms with Crippen LogP contribution in [0, 0.1) is 5.92 Å². The quantitative estimate of drug-likeness (QED) is 0.646. The van der Waals surface area contributed by atoms with E-state index in [-0.39, 0.29) is 23.3 Å². The van der Waals surface area contributed by atoms with Gasteiger partial charge in [-0.2, -0.15) is 4.31 Å². The van der Waals surface area contributed by atoms with Crippen LogP contribution < -0.4 is 14.8 Å². The van der Waals surface area contributed by atoms with E-state index in [2.05, 4.69) is 12.2 Å². The Kier molecular flexibility index (Phi) is 7.91. The van der Waals surface area contributed by atoms with Crippen molar-refractivity contribution in [1.82, 2.24) is 9.62 Å². The Balaban J connectivity index is 2.08. The molecule has 0 unspecified atom stereocenters. The fraction of sp³-hybridized carbons (Fsp3) is 0.632. The number of piperidine rings is 1. The Bertz CT molecular complexity index is 736. The fourth-order valence-corrected chi connectivity index (χ4v) is 4.77. The van der Waals surface area contributed by atoms with Gasteiger partial charge in [0.2, 0.25) is 15.9 Å². The number of nitrogens with zero attached hydrogens (tertiary/aromatic N) is 1. The molecule has 1 saturated heterocycles. The number of methoxy groups -OCH3 is 2. The predicted octanol–water partition coefficient (Wildman–Crippen LogP) is 2.41. The fourth-order valence-electron chi connectivity index (χ4n) is 3.23. The van der Waals surface area contributed by atoms with Gasteiger partial charge in [0.05, 0.1) is 25.0 Å². The summed E-state index contributed by atoms with van der Waals surface area (Å²) >= 11 is 0. The van der Waals surface area contributed by atoms with Crippen molar-refractivity contribution in [2.45, 2.75) is 43.9 Å². The third-order valence-corrected chi connectivity index (χ3v) is 6.69. The molecule has 1 amide bonds. The van der Waals surface area contributed by atoms with E-state index < -0.39 is 10.0 Å². The van der Waals surface area contributed by atoms with E-state index in [9.17, 15) is 13.2 Å². The maximum atomic E-state index is 13.0. The molecule has 1 fully saturated rings. The summed E-state index contributed by atoms with van der Waals surface area (Å²) in [4.78, 5) is 12.5. The van der Waals surface area contributed by atoms with Gasteiger partial charge in [-0.05, 0) is 31.4 Å². The van der Waals surface area contributed by atoms with Crippen molar-refractivity contribution in [2.24, 2.45) is 5.92 Å². The molecule has 0 bridgehead atoms. The summed E-state index contributed by atoms with van der Waals surface area (Å²) in [5.74, 6) is 0.467. The topological polar surface area (TPSA) is 84.9 Å². The number of carbonyl (C=O) groups excluding carboxylic acids is 1. The van der Waals surface area contributed by atoms with Crippen molar-refractivity contribution < 1.29 is 22.7 Å². The molecule has 0 aromatic heterocycles. The van der Waals surface area contributed by atoms with E-state index in [1.54, 1.807) is 6.07 Å². The van der Waals surface area contributed by atoms with Crippen LogP contribution in [0.3, 0.4) is 0 Å². The summed E-state index contributed by atoms with van der Waals surface area (Å²) < 4.78 is 37.8. The van der Waals surface area contributed by atoms with Gasteiger partial charge in [0.1, 0.15) is 0 Å². The molecular formula is C19H30N2O5S. The first-order chi connectivity index (χ1) is 12.9. The van der Waals surface area contributed by atoms with Crippen molar-refractivity contribution >= 4 is 15.9 Å². The van der Waals surface area contributed by atoms with Crippen LogP contribution in [-0.4, -0.2) is 52.5 Å². The number of hydrogen-bond acceptors (Lipinski definition) is 5. The SMILES string of the molecule is CCCCCNC(=O)[C@H]1CCCN(S(=O)(=O)c2ccc(OC)c(OC)c2)C1. The van der Waals surface area contributed by atoms with Gasteiger partial charge in [0.15, 0.2) is 11.5 Å². The molecule has 0 spiro atoms. The lowest BCUT2D eigenvalue weighted by Crippen LogP contribution is -2.45. The van der Waals surface area contributed by atoms with Crippen LogP contribution in [0.25, 0.3) is 0 Å². The van der Waals surface area contributed by atoms with Crippen LogP contribution >= 0.6 is 0 Å². The first-order valence-electron chi connectivity index (χ1n) is 9.44. The summed E-state index contributed by atoms with van der Waals surface area (Å²) in [7, 11) is -0.731. The summed E-state index contributed by atoms with van der Waals surface area (Å²) in [5.41, 5.74) is 0. The maximum absolute atomic E-state index is 13.0. The smallest absolute Gasteiger partial charge is 0.243 e. The molecule has 0 radical (unpaired) electrons. The van der Waals surface area contributed by atoms with Crippen molar-refractivity contribution in [3.63, 3.8) is 0 Å². The van der Waals surface area contributed by atoms with Crippen molar-refractivity contribution in [2.75, 3.05) is 33.9 Å². The van der Waals surface area contributed by atoms with Gasteiger partial charge in [0.25, 0.3) is 0 Å². The standard InChI is InChI=1S/C19H30N2O5S/c1-4-5-6-11-20-19(22)15-8-7-12-21(14-15)27(23,24)16-9-10-17(25-2)18(13-16)26-3/h9-10,13,15H,4-8,11-12,14H2,1-3H3,(H,20,22)/t15-/m0/s1. The highest BCUT2D eigenvalue weighted by Gasteiger charge is 2.33. The third kappa shape index (κ3) is 5.35. The summed E-state index contributed by atoms with van der Waals surface area (Å²) in [6, 6.07) is 4.54. The summed E-state index contributed by atoms with van der Waals surface area (Å²) in [5, 5.41) is 2.94. The zero-order valence-electron chi connectivity index (χ0n) is 16.4. The highest BCUT2D eigenvalue weighted by Crippen LogP contribution is 2.32. The molecule has 1 atom stereocenters. The number of nitrogens with one attached hydrogen (secondary N) is 1. The number of hydrogen-bond donors (Lipinski definition) is 1. The number of unbranched alkanes of at least 4 members (excludes halogenated alkanes) is 2. The van der Waals surface area contributed by atoms with Gasteiger partial charge >= 0.3 is 0 Å². The van der Waals surface area contributed by atoms with Gasteiger partial charge in [0, 0.05) is 25.7 Å². The number of sulfonamides is 1. The molecule has 152 valence electrons. The highest BCUT2D eigenvalue weighted by molar-refractivity contribution is 7.89. The molecule has 0 saturated carbocycles. The molecule has 27 heavy (non-hydrogen) atoms. The Labute approximate surface area is 162 Å². The van der Waals surface area contributed by atoms with E-state index in [0.29, 0.717) is 37.4 Å². The van der Waals surface area contributed by atoms with Gasteiger partial charge in [-0.25, -0.2) is 8.42 Å². The summed E-state index contributed by atoms with van der Waals surface area (Å²) in [6.45, 7) is 3.37. The predicted molar refractivity (Wildman–Crippen MR) is 104 cm³/mol. The van der Waals surface area contributed by atoms with Gasteiger partial charge in [-0.1, -0.05) is 19.8 Å². The van der Waals surface area contributed by atoms with Crippen molar-refractivity contribution in [3.8, 4) is 11.5 Å². The second-order valence-electron chi connectivity index (χ2n) is 6.72. The lowest BCUT2D eigenvalue weighted by molar-refractivity contribution is -0.126. The Morgan fingerprint density at radius 3 is 2.63 bits per heavy atom. The minimum atomic E-state index is -3.70. The largest absolute Gasteiger partial charge is 0.493 e. The Morgan fingerprint density at radius 1 is 1.22 bits per heavy atom. The zero-order valence-corrected chi connectivity index (χ0v) is 17.2. The minimum absolute atomic E-state index is 0.0571. The zero-order chi connectivity index (χ0) is 19.9. The van der Waals surface area contributed by atoms with Gasteiger partial charge < -0.3 is 14.8 Å². The highest BCUT2D eigenvalue weighted by atomic mass is 32.2. The van der Waals surface area contributed by atoms with E-state index in [1.165, 1.54) is 30.7 Å². The average molecular weight is 399 g/mol. The molecule has 1 N–H and O–H groups in total. The summed E-state index contributed by atoms with van der Waals surface area (Å²) in [6.07, 6.45) is 4.49. The molecule has 2 rings (SSSR count). The molecule has 1 heterocycles. The Hall–Kier alpha value is -1.80. The minimum Gasteiger partial charge on any atom is -0.493 e. The second kappa shape index (κ2) is 9.94. The molecule has 1 aliphatic heterocycles. The lowest BCUT2D eigenvalue weighted by Gasteiger charge is -2.31. The van der Waals surface area contributed by atoms with Crippen molar-refractivity contribution in [1.29, 1.82) is 0 Å². The third-order valence-electron chi connectivity index (χ3n) is 4.83.